The van der Waals surface area contributed by atoms with Crippen LogP contribution in [0.5, 0.6) is 0 Å². The molecule has 2 aromatic heterocycles. The molecule has 0 bridgehead atoms. The maximum absolute atomic E-state index is 12.9. The molecule has 29 heavy (non-hydrogen) atoms. The van der Waals surface area contributed by atoms with Gasteiger partial charge in [0.05, 0.1) is 17.8 Å². The first-order valence-electron chi connectivity index (χ1n) is 9.93. The molecule has 0 spiro atoms. The van der Waals surface area contributed by atoms with Gasteiger partial charge >= 0.3 is 0 Å². The molecule has 150 valence electrons. The summed E-state index contributed by atoms with van der Waals surface area (Å²) in [5.41, 5.74) is 4.63. The number of pyridine rings is 1. The molecule has 1 aromatic carbocycles. The number of halogens is 1. The molecule has 1 amide bonds. The lowest BCUT2D eigenvalue weighted by molar-refractivity contribution is -0.131. The Morgan fingerprint density at radius 2 is 2.07 bits per heavy atom. The standard InChI is InChI=1S/C23H24ClN3O2/c1-15-20(16(2)29-26-15)13-23(28)27-11-5-7-18(14-27)22-10-4-9-21(25-22)17-6-3-8-19(24)12-17/h3-4,6,8-10,12,18H,5,7,11,13-14H2,1-2H3. The molecular formula is C23H24ClN3O2. The van der Waals surface area contributed by atoms with E-state index in [-0.39, 0.29) is 11.8 Å². The van der Waals surface area contributed by atoms with Crippen LogP contribution in [0.15, 0.2) is 47.0 Å². The molecule has 0 N–H and O–H groups in total. The SMILES string of the molecule is Cc1noc(C)c1CC(=O)N1CCCC(c2cccc(-c3cccc(Cl)c3)n2)C1. The first kappa shape index (κ1) is 19.6. The van der Waals surface area contributed by atoms with Gasteiger partial charge in [0.1, 0.15) is 5.76 Å². The summed E-state index contributed by atoms with van der Waals surface area (Å²) in [5, 5.41) is 4.65. The Morgan fingerprint density at radius 3 is 2.83 bits per heavy atom. The predicted molar refractivity (Wildman–Crippen MR) is 113 cm³/mol. The largest absolute Gasteiger partial charge is 0.361 e. The highest BCUT2D eigenvalue weighted by Gasteiger charge is 2.27. The lowest BCUT2D eigenvalue weighted by Crippen LogP contribution is -2.40. The van der Waals surface area contributed by atoms with Crippen LogP contribution >= 0.6 is 11.6 Å². The van der Waals surface area contributed by atoms with Crippen LogP contribution in [0.1, 0.15) is 41.5 Å². The van der Waals surface area contributed by atoms with E-state index in [1.165, 1.54) is 0 Å². The Bertz CT molecular complexity index is 1010. The summed E-state index contributed by atoms with van der Waals surface area (Å²) in [4.78, 5) is 19.7. The van der Waals surface area contributed by atoms with Gasteiger partial charge in [0.25, 0.3) is 0 Å². The number of nitrogens with zero attached hydrogens (tertiary/aromatic N) is 3. The summed E-state index contributed by atoms with van der Waals surface area (Å²) < 4.78 is 5.20. The number of carbonyl (C=O) groups excluding carboxylic acids is 1. The molecule has 1 unspecified atom stereocenters. The molecule has 1 saturated heterocycles. The molecule has 0 radical (unpaired) electrons. The maximum atomic E-state index is 12.9. The molecule has 1 fully saturated rings. The van der Waals surface area contributed by atoms with Gasteiger partial charge in [-0.1, -0.05) is 35.0 Å². The van der Waals surface area contributed by atoms with Gasteiger partial charge in [0, 0.05) is 40.9 Å². The first-order valence-corrected chi connectivity index (χ1v) is 10.3. The smallest absolute Gasteiger partial charge is 0.227 e. The minimum atomic E-state index is 0.120. The fraction of sp³-hybridized carbons (Fsp3) is 0.348. The number of likely N-dealkylation sites (tertiary alicyclic amines) is 1. The molecule has 1 atom stereocenters. The second-order valence-electron chi connectivity index (χ2n) is 7.62. The van der Waals surface area contributed by atoms with Crippen molar-refractivity contribution in [2.24, 2.45) is 0 Å². The number of carbonyl (C=O) groups is 1. The van der Waals surface area contributed by atoms with E-state index in [0.29, 0.717) is 18.0 Å². The third-order valence-electron chi connectivity index (χ3n) is 5.59. The molecule has 1 aliphatic heterocycles. The van der Waals surface area contributed by atoms with Gasteiger partial charge in [-0.3, -0.25) is 9.78 Å². The van der Waals surface area contributed by atoms with Crippen LogP contribution in [0.2, 0.25) is 5.02 Å². The van der Waals surface area contributed by atoms with E-state index < -0.39 is 0 Å². The fourth-order valence-corrected chi connectivity index (χ4v) is 4.14. The summed E-state index contributed by atoms with van der Waals surface area (Å²) in [7, 11) is 0. The lowest BCUT2D eigenvalue weighted by Gasteiger charge is -2.32. The van der Waals surface area contributed by atoms with Crippen molar-refractivity contribution in [2.75, 3.05) is 13.1 Å². The molecule has 4 rings (SSSR count). The number of benzene rings is 1. The molecule has 3 aromatic rings. The molecule has 0 saturated carbocycles. The van der Waals surface area contributed by atoms with Gasteiger partial charge in [-0.05, 0) is 51.0 Å². The van der Waals surface area contributed by atoms with Crippen LogP contribution in [-0.2, 0) is 11.2 Å². The van der Waals surface area contributed by atoms with E-state index in [2.05, 4.69) is 11.2 Å². The number of rotatable bonds is 4. The van der Waals surface area contributed by atoms with E-state index in [0.717, 1.165) is 53.4 Å². The van der Waals surface area contributed by atoms with Crippen LogP contribution in [-0.4, -0.2) is 34.0 Å². The fourth-order valence-electron chi connectivity index (χ4n) is 3.95. The monoisotopic (exact) mass is 409 g/mol. The highest BCUT2D eigenvalue weighted by molar-refractivity contribution is 6.30. The first-order chi connectivity index (χ1) is 14.0. The van der Waals surface area contributed by atoms with Crippen LogP contribution in [0.4, 0.5) is 0 Å². The van der Waals surface area contributed by atoms with E-state index in [1.54, 1.807) is 0 Å². The summed E-state index contributed by atoms with van der Waals surface area (Å²) >= 11 is 6.13. The third kappa shape index (κ3) is 4.35. The summed E-state index contributed by atoms with van der Waals surface area (Å²) in [5.74, 6) is 1.08. The second-order valence-corrected chi connectivity index (χ2v) is 8.05. The highest BCUT2D eigenvalue weighted by atomic mass is 35.5. The normalized spacial score (nSPS) is 16.8. The van der Waals surface area contributed by atoms with Crippen molar-refractivity contribution in [3.05, 3.63) is 70.2 Å². The molecular weight excluding hydrogens is 386 g/mol. The summed E-state index contributed by atoms with van der Waals surface area (Å²) in [6, 6.07) is 13.8. The number of hydrogen-bond donors (Lipinski definition) is 0. The summed E-state index contributed by atoms with van der Waals surface area (Å²) in [6.45, 7) is 5.21. The Kier molecular flexibility index (Phi) is 5.67. The van der Waals surface area contributed by atoms with Gasteiger partial charge in [0.15, 0.2) is 0 Å². The number of hydrogen-bond acceptors (Lipinski definition) is 4. The van der Waals surface area contributed by atoms with Crippen molar-refractivity contribution in [3.8, 4) is 11.3 Å². The van der Waals surface area contributed by atoms with Crippen molar-refractivity contribution in [1.82, 2.24) is 15.0 Å². The molecule has 6 heteroatoms. The maximum Gasteiger partial charge on any atom is 0.227 e. The minimum Gasteiger partial charge on any atom is -0.361 e. The number of aromatic nitrogens is 2. The average Bonchev–Trinajstić information content (AvgIpc) is 3.06. The lowest BCUT2D eigenvalue weighted by atomic mass is 9.93. The zero-order valence-electron chi connectivity index (χ0n) is 16.7. The highest BCUT2D eigenvalue weighted by Crippen LogP contribution is 2.29. The van der Waals surface area contributed by atoms with Gasteiger partial charge in [0.2, 0.25) is 5.91 Å². The van der Waals surface area contributed by atoms with Gasteiger partial charge in [-0.25, -0.2) is 0 Å². The van der Waals surface area contributed by atoms with Crippen molar-refractivity contribution in [2.45, 2.75) is 39.0 Å². The van der Waals surface area contributed by atoms with Crippen molar-refractivity contribution < 1.29 is 9.32 Å². The Balaban J connectivity index is 1.50. The van der Waals surface area contributed by atoms with Gasteiger partial charge in [-0.15, -0.1) is 0 Å². The molecule has 5 nitrogen and oxygen atoms in total. The number of piperidine rings is 1. The minimum absolute atomic E-state index is 0.120. The quantitative estimate of drug-likeness (QED) is 0.611. The zero-order chi connectivity index (χ0) is 20.4. The van der Waals surface area contributed by atoms with Crippen molar-refractivity contribution >= 4 is 17.5 Å². The predicted octanol–water partition coefficient (Wildman–Crippen LogP) is 4.96. The van der Waals surface area contributed by atoms with E-state index in [4.69, 9.17) is 21.1 Å². The van der Waals surface area contributed by atoms with E-state index >= 15 is 0 Å². The molecule has 1 aliphatic rings. The Morgan fingerprint density at radius 1 is 1.24 bits per heavy atom. The van der Waals surface area contributed by atoms with E-state index in [9.17, 15) is 4.79 Å². The van der Waals surface area contributed by atoms with E-state index in [1.807, 2.05) is 55.1 Å². The average molecular weight is 410 g/mol. The second kappa shape index (κ2) is 8.37. The van der Waals surface area contributed by atoms with Crippen LogP contribution in [0.3, 0.4) is 0 Å². The van der Waals surface area contributed by atoms with Crippen LogP contribution in [0, 0.1) is 13.8 Å². The van der Waals surface area contributed by atoms with Gasteiger partial charge < -0.3 is 9.42 Å². The topological polar surface area (TPSA) is 59.2 Å². The van der Waals surface area contributed by atoms with Crippen molar-refractivity contribution in [3.63, 3.8) is 0 Å². The molecule has 0 aliphatic carbocycles. The number of aryl methyl sites for hydroxylation is 2. The van der Waals surface area contributed by atoms with Crippen molar-refractivity contribution in [1.29, 1.82) is 0 Å². The Hall–Kier alpha value is -2.66. The molecule has 3 heterocycles. The summed E-state index contributed by atoms with van der Waals surface area (Å²) in [6.07, 6.45) is 2.34. The Labute approximate surface area is 175 Å². The third-order valence-corrected chi connectivity index (χ3v) is 5.83. The van der Waals surface area contributed by atoms with Gasteiger partial charge in [-0.2, -0.15) is 0 Å². The number of amides is 1. The van der Waals surface area contributed by atoms with Crippen LogP contribution in [0.25, 0.3) is 11.3 Å². The zero-order valence-corrected chi connectivity index (χ0v) is 17.4. The van der Waals surface area contributed by atoms with Crippen LogP contribution < -0.4 is 0 Å².